The molecule has 1 atom stereocenters. The van der Waals surface area contributed by atoms with Crippen molar-refractivity contribution in [2.24, 2.45) is 0 Å². The number of Topliss-reactive ketones (excluding diaryl/α,β-unsaturated/α-hetero) is 1. The summed E-state index contributed by atoms with van der Waals surface area (Å²) in [6.45, 7) is 4.78. The van der Waals surface area contributed by atoms with E-state index in [9.17, 15) is 4.79 Å². The molecule has 2 aliphatic heterocycles. The number of rotatable bonds is 2. The molecule has 2 heterocycles. The van der Waals surface area contributed by atoms with E-state index < -0.39 is 0 Å². The molecular formula is C14H17NO4. The lowest BCUT2D eigenvalue weighted by Gasteiger charge is -2.24. The Labute approximate surface area is 111 Å². The van der Waals surface area contributed by atoms with Crippen molar-refractivity contribution in [2.45, 2.75) is 13.0 Å². The van der Waals surface area contributed by atoms with Crippen LogP contribution < -0.4 is 14.8 Å². The van der Waals surface area contributed by atoms with Crippen LogP contribution in [0.4, 0.5) is 0 Å². The second-order valence-corrected chi connectivity index (χ2v) is 4.76. The number of carbonyl (C=O) groups excluding carboxylic acids is 1. The summed E-state index contributed by atoms with van der Waals surface area (Å²) in [7, 11) is 0. The molecule has 102 valence electrons. The zero-order chi connectivity index (χ0) is 13.2. The van der Waals surface area contributed by atoms with Crippen molar-refractivity contribution >= 4 is 5.78 Å². The van der Waals surface area contributed by atoms with Gasteiger partial charge in [-0.3, -0.25) is 4.79 Å². The number of aryl methyl sites for hydroxylation is 1. The van der Waals surface area contributed by atoms with Crippen LogP contribution in [0.3, 0.4) is 0 Å². The molecule has 0 radical (unpaired) electrons. The fourth-order valence-electron chi connectivity index (χ4n) is 2.38. The number of ether oxygens (including phenoxy) is 3. The molecule has 0 spiro atoms. The molecule has 19 heavy (non-hydrogen) atoms. The standard InChI is InChI=1S/C14H17NO4/c1-9-6-12-13(19-5-4-18-12)7-10(9)14(16)11-8-17-3-2-15-11/h6-7,11,15H,2-5,8H2,1H3. The van der Waals surface area contributed by atoms with Crippen molar-refractivity contribution in [3.05, 3.63) is 23.3 Å². The largest absolute Gasteiger partial charge is 0.486 e. The second-order valence-electron chi connectivity index (χ2n) is 4.76. The Kier molecular flexibility index (Phi) is 3.40. The summed E-state index contributed by atoms with van der Waals surface area (Å²) < 4.78 is 16.4. The van der Waals surface area contributed by atoms with Gasteiger partial charge in [-0.05, 0) is 24.6 Å². The van der Waals surface area contributed by atoms with Crippen molar-refractivity contribution in [2.75, 3.05) is 33.0 Å². The fourth-order valence-corrected chi connectivity index (χ4v) is 2.38. The Bertz CT molecular complexity index is 494. The lowest BCUT2D eigenvalue weighted by atomic mass is 9.98. The van der Waals surface area contributed by atoms with E-state index in [1.165, 1.54) is 0 Å². The smallest absolute Gasteiger partial charge is 0.182 e. The average molecular weight is 263 g/mol. The zero-order valence-corrected chi connectivity index (χ0v) is 10.9. The van der Waals surface area contributed by atoms with E-state index in [4.69, 9.17) is 14.2 Å². The number of ketones is 1. The minimum absolute atomic E-state index is 0.0502. The number of carbonyl (C=O) groups is 1. The van der Waals surface area contributed by atoms with E-state index in [1.807, 2.05) is 13.0 Å². The Morgan fingerprint density at radius 1 is 1.21 bits per heavy atom. The Morgan fingerprint density at radius 2 is 1.95 bits per heavy atom. The molecule has 0 aliphatic carbocycles. The number of morpholine rings is 1. The van der Waals surface area contributed by atoms with E-state index in [0.717, 1.165) is 5.56 Å². The molecule has 1 N–H and O–H groups in total. The van der Waals surface area contributed by atoms with Gasteiger partial charge in [0.25, 0.3) is 0 Å². The van der Waals surface area contributed by atoms with Crippen molar-refractivity contribution in [1.29, 1.82) is 0 Å². The summed E-state index contributed by atoms with van der Waals surface area (Å²) in [6.07, 6.45) is 0. The zero-order valence-electron chi connectivity index (χ0n) is 10.9. The quantitative estimate of drug-likeness (QED) is 0.805. The highest BCUT2D eigenvalue weighted by Crippen LogP contribution is 2.33. The molecule has 0 saturated carbocycles. The van der Waals surface area contributed by atoms with Crippen LogP contribution in [0, 0.1) is 6.92 Å². The van der Waals surface area contributed by atoms with E-state index >= 15 is 0 Å². The van der Waals surface area contributed by atoms with Gasteiger partial charge in [-0.25, -0.2) is 0 Å². The number of fused-ring (bicyclic) bond motifs is 1. The van der Waals surface area contributed by atoms with E-state index in [-0.39, 0.29) is 11.8 Å². The van der Waals surface area contributed by atoms with Gasteiger partial charge >= 0.3 is 0 Å². The third-order valence-electron chi connectivity index (χ3n) is 3.39. The maximum Gasteiger partial charge on any atom is 0.182 e. The van der Waals surface area contributed by atoms with Crippen molar-refractivity contribution < 1.29 is 19.0 Å². The monoisotopic (exact) mass is 263 g/mol. The van der Waals surface area contributed by atoms with Gasteiger partial charge in [0.15, 0.2) is 17.3 Å². The first kappa shape index (κ1) is 12.4. The van der Waals surface area contributed by atoms with Crippen LogP contribution in [-0.4, -0.2) is 44.8 Å². The van der Waals surface area contributed by atoms with Gasteiger partial charge in [-0.1, -0.05) is 0 Å². The topological polar surface area (TPSA) is 56.8 Å². The molecular weight excluding hydrogens is 246 g/mol. The average Bonchev–Trinajstić information content (AvgIpc) is 2.47. The third kappa shape index (κ3) is 2.43. The SMILES string of the molecule is Cc1cc2c(cc1C(=O)C1COCCN1)OCCO2. The van der Waals surface area contributed by atoms with E-state index in [1.54, 1.807) is 6.07 Å². The first-order valence-corrected chi connectivity index (χ1v) is 6.51. The van der Waals surface area contributed by atoms with Gasteiger partial charge in [0.2, 0.25) is 0 Å². The fraction of sp³-hybridized carbons (Fsp3) is 0.500. The molecule has 1 saturated heterocycles. The third-order valence-corrected chi connectivity index (χ3v) is 3.39. The Morgan fingerprint density at radius 3 is 2.63 bits per heavy atom. The Hall–Kier alpha value is -1.59. The molecule has 0 bridgehead atoms. The molecule has 5 heteroatoms. The summed E-state index contributed by atoms with van der Waals surface area (Å²) in [5.41, 5.74) is 1.58. The van der Waals surface area contributed by atoms with Crippen LogP contribution in [0.1, 0.15) is 15.9 Å². The first-order valence-electron chi connectivity index (χ1n) is 6.51. The van der Waals surface area contributed by atoms with Crippen LogP contribution in [0.15, 0.2) is 12.1 Å². The van der Waals surface area contributed by atoms with E-state index in [0.29, 0.717) is 50.0 Å². The minimum Gasteiger partial charge on any atom is -0.486 e. The summed E-state index contributed by atoms with van der Waals surface area (Å²) in [5.74, 6) is 1.42. The van der Waals surface area contributed by atoms with Gasteiger partial charge in [0.05, 0.1) is 19.3 Å². The normalized spacial score (nSPS) is 22.1. The molecule has 0 amide bonds. The van der Waals surface area contributed by atoms with Gasteiger partial charge in [0, 0.05) is 12.1 Å². The van der Waals surface area contributed by atoms with Crippen molar-refractivity contribution in [3.8, 4) is 11.5 Å². The van der Waals surface area contributed by atoms with Crippen LogP contribution in [0.5, 0.6) is 11.5 Å². The summed E-state index contributed by atoms with van der Waals surface area (Å²) >= 11 is 0. The highest BCUT2D eigenvalue weighted by molar-refractivity contribution is 6.02. The van der Waals surface area contributed by atoms with Crippen LogP contribution in [0.25, 0.3) is 0 Å². The highest BCUT2D eigenvalue weighted by Gasteiger charge is 2.25. The van der Waals surface area contributed by atoms with E-state index in [2.05, 4.69) is 5.32 Å². The lowest BCUT2D eigenvalue weighted by Crippen LogP contribution is -2.46. The molecule has 1 fully saturated rings. The maximum absolute atomic E-state index is 12.5. The van der Waals surface area contributed by atoms with Crippen LogP contribution in [0.2, 0.25) is 0 Å². The van der Waals surface area contributed by atoms with Gasteiger partial charge in [-0.15, -0.1) is 0 Å². The molecule has 0 aromatic heterocycles. The van der Waals surface area contributed by atoms with Crippen molar-refractivity contribution in [1.82, 2.24) is 5.32 Å². The van der Waals surface area contributed by atoms with Gasteiger partial charge in [0.1, 0.15) is 13.2 Å². The van der Waals surface area contributed by atoms with Crippen molar-refractivity contribution in [3.63, 3.8) is 0 Å². The maximum atomic E-state index is 12.5. The Balaban J connectivity index is 1.89. The predicted molar refractivity (Wildman–Crippen MR) is 69.1 cm³/mol. The number of benzene rings is 1. The number of hydrogen-bond acceptors (Lipinski definition) is 5. The molecule has 3 rings (SSSR count). The molecule has 1 aromatic carbocycles. The molecule has 5 nitrogen and oxygen atoms in total. The summed E-state index contributed by atoms with van der Waals surface area (Å²) in [5, 5.41) is 3.18. The minimum atomic E-state index is -0.269. The number of hydrogen-bond donors (Lipinski definition) is 1. The number of nitrogens with one attached hydrogen (secondary N) is 1. The molecule has 1 aromatic rings. The summed E-state index contributed by atoms with van der Waals surface area (Å²) in [4.78, 5) is 12.5. The predicted octanol–water partition coefficient (Wildman–Crippen LogP) is 0.937. The van der Waals surface area contributed by atoms with Crippen LogP contribution >= 0.6 is 0 Å². The van der Waals surface area contributed by atoms with Crippen LogP contribution in [-0.2, 0) is 4.74 Å². The first-order chi connectivity index (χ1) is 9.25. The molecule has 2 aliphatic rings. The van der Waals surface area contributed by atoms with Gasteiger partial charge < -0.3 is 19.5 Å². The molecule has 1 unspecified atom stereocenters. The lowest BCUT2D eigenvalue weighted by molar-refractivity contribution is 0.0606. The second kappa shape index (κ2) is 5.19. The highest BCUT2D eigenvalue weighted by atomic mass is 16.6. The van der Waals surface area contributed by atoms with Gasteiger partial charge in [-0.2, -0.15) is 0 Å². The summed E-state index contributed by atoms with van der Waals surface area (Å²) in [6, 6.07) is 3.38.